The molecule has 0 bridgehead atoms. The van der Waals surface area contributed by atoms with E-state index in [-0.39, 0.29) is 11.0 Å². The Morgan fingerprint density at radius 3 is 1.92 bits per heavy atom. The molecule has 0 fully saturated rings. The predicted molar refractivity (Wildman–Crippen MR) is 67.8 cm³/mol. The van der Waals surface area contributed by atoms with Crippen LogP contribution >= 0.6 is 0 Å². The van der Waals surface area contributed by atoms with Crippen molar-refractivity contribution in [2.45, 2.75) is 32.2 Å². The van der Waals surface area contributed by atoms with E-state index < -0.39 is 59.6 Å². The second-order valence-corrected chi connectivity index (χ2v) is 5.46. The van der Waals surface area contributed by atoms with E-state index in [0.29, 0.717) is 0 Å². The Bertz CT molecular complexity index is 603. The Morgan fingerprint density at radius 2 is 1.62 bits per heavy atom. The number of carboxylic acids is 2. The first-order chi connectivity index (χ1) is 10.7. The highest BCUT2D eigenvalue weighted by Gasteiger charge is 2.56. The molecule has 0 aromatic rings. The molecule has 1 aliphatic rings. The molecule has 1 unspecified atom stereocenters. The molecule has 0 spiro atoms. The summed E-state index contributed by atoms with van der Waals surface area (Å²) < 4.78 is 79.5. The van der Waals surface area contributed by atoms with Crippen molar-refractivity contribution in [3.63, 3.8) is 0 Å². The summed E-state index contributed by atoms with van der Waals surface area (Å²) in [7, 11) is 0. The third-order valence-corrected chi connectivity index (χ3v) is 3.07. The third kappa shape index (κ3) is 4.01. The standard InChI is InChI=1S/C13H13F6NO4/c1-5(2)4-20-8(12(14,15)16)6(10(21)22)3-7(11(23)24)9(20)13(17,18)19/h3,5,8H,4H2,1-2H3,(H,21,22)(H,23,24). The summed E-state index contributed by atoms with van der Waals surface area (Å²) in [5, 5.41) is 17.8. The summed E-state index contributed by atoms with van der Waals surface area (Å²) in [6, 6.07) is -3.10. The van der Waals surface area contributed by atoms with Gasteiger partial charge in [0.1, 0.15) is 5.70 Å². The number of rotatable bonds is 4. The van der Waals surface area contributed by atoms with E-state index in [0.717, 1.165) is 0 Å². The van der Waals surface area contributed by atoms with Crippen LogP contribution in [0.5, 0.6) is 0 Å². The van der Waals surface area contributed by atoms with Crippen LogP contribution in [-0.4, -0.2) is 52.0 Å². The van der Waals surface area contributed by atoms with Gasteiger partial charge >= 0.3 is 24.3 Å². The highest BCUT2D eigenvalue weighted by molar-refractivity contribution is 5.97. The topological polar surface area (TPSA) is 77.8 Å². The molecule has 1 aliphatic heterocycles. The zero-order valence-electron chi connectivity index (χ0n) is 12.4. The van der Waals surface area contributed by atoms with E-state index in [1.165, 1.54) is 13.8 Å². The number of aliphatic carboxylic acids is 2. The minimum absolute atomic E-state index is 0.0809. The fourth-order valence-corrected chi connectivity index (χ4v) is 2.35. The largest absolute Gasteiger partial charge is 0.478 e. The van der Waals surface area contributed by atoms with Crippen molar-refractivity contribution >= 4 is 11.9 Å². The van der Waals surface area contributed by atoms with Gasteiger partial charge in [-0.05, 0) is 12.0 Å². The van der Waals surface area contributed by atoms with Gasteiger partial charge in [-0.25, -0.2) is 9.59 Å². The molecule has 0 saturated heterocycles. The van der Waals surface area contributed by atoms with Crippen LogP contribution in [-0.2, 0) is 9.59 Å². The maximum Gasteiger partial charge on any atom is 0.431 e. The van der Waals surface area contributed by atoms with Gasteiger partial charge in [-0.15, -0.1) is 0 Å². The lowest BCUT2D eigenvalue weighted by Crippen LogP contribution is -2.54. The number of allylic oxidation sites excluding steroid dienone is 1. The lowest BCUT2D eigenvalue weighted by molar-refractivity contribution is -0.189. The fraction of sp³-hybridized carbons (Fsp3) is 0.538. The van der Waals surface area contributed by atoms with Gasteiger partial charge in [0, 0.05) is 6.54 Å². The quantitative estimate of drug-likeness (QED) is 0.753. The molecule has 1 rings (SSSR count). The van der Waals surface area contributed by atoms with E-state index in [2.05, 4.69) is 0 Å². The Labute approximate surface area is 131 Å². The van der Waals surface area contributed by atoms with Crippen LogP contribution < -0.4 is 0 Å². The van der Waals surface area contributed by atoms with Crippen LogP contribution in [0.2, 0.25) is 0 Å². The highest BCUT2D eigenvalue weighted by Crippen LogP contribution is 2.43. The summed E-state index contributed by atoms with van der Waals surface area (Å²) in [5.74, 6) is -5.04. The van der Waals surface area contributed by atoms with Crippen molar-refractivity contribution < 1.29 is 46.1 Å². The second-order valence-electron chi connectivity index (χ2n) is 5.46. The number of alkyl halides is 6. The zero-order chi connectivity index (χ0) is 19.0. The molecule has 5 nitrogen and oxygen atoms in total. The average molecular weight is 361 g/mol. The van der Waals surface area contributed by atoms with Gasteiger partial charge < -0.3 is 15.1 Å². The van der Waals surface area contributed by atoms with E-state index in [1.807, 2.05) is 0 Å². The van der Waals surface area contributed by atoms with Crippen LogP contribution in [0.15, 0.2) is 22.9 Å². The van der Waals surface area contributed by atoms with Gasteiger partial charge in [-0.1, -0.05) is 13.8 Å². The zero-order valence-corrected chi connectivity index (χ0v) is 12.4. The van der Waals surface area contributed by atoms with Gasteiger partial charge in [0.05, 0.1) is 11.1 Å². The third-order valence-electron chi connectivity index (χ3n) is 3.07. The summed E-state index contributed by atoms with van der Waals surface area (Å²) in [4.78, 5) is 21.9. The Morgan fingerprint density at radius 1 is 1.12 bits per heavy atom. The molecule has 0 aromatic heterocycles. The van der Waals surface area contributed by atoms with Crippen LogP contribution in [0.4, 0.5) is 26.3 Å². The van der Waals surface area contributed by atoms with E-state index in [9.17, 15) is 35.9 Å². The molecule has 2 N–H and O–H groups in total. The lowest BCUT2D eigenvalue weighted by Gasteiger charge is -2.41. The van der Waals surface area contributed by atoms with Gasteiger partial charge in [-0.3, -0.25) is 0 Å². The van der Waals surface area contributed by atoms with Crippen molar-refractivity contribution in [2.75, 3.05) is 6.54 Å². The number of carboxylic acid groups (broad SMARTS) is 2. The molecule has 11 heteroatoms. The predicted octanol–water partition coefficient (Wildman–Crippen LogP) is 2.80. The van der Waals surface area contributed by atoms with Crippen molar-refractivity contribution in [3.05, 3.63) is 22.9 Å². The van der Waals surface area contributed by atoms with Crippen molar-refractivity contribution in [3.8, 4) is 0 Å². The minimum Gasteiger partial charge on any atom is -0.478 e. The first-order valence-electron chi connectivity index (χ1n) is 6.51. The maximum atomic E-state index is 13.3. The van der Waals surface area contributed by atoms with E-state index in [1.54, 1.807) is 0 Å². The number of halogens is 6. The van der Waals surface area contributed by atoms with E-state index in [4.69, 9.17) is 10.2 Å². The molecule has 136 valence electrons. The number of hydrogen-bond donors (Lipinski definition) is 2. The number of carbonyl (C=O) groups is 2. The Kier molecular flexibility index (Phi) is 5.26. The first kappa shape index (κ1) is 19.8. The molecule has 1 heterocycles. The van der Waals surface area contributed by atoms with Crippen LogP contribution in [0.3, 0.4) is 0 Å². The van der Waals surface area contributed by atoms with Crippen molar-refractivity contribution in [1.29, 1.82) is 0 Å². The van der Waals surface area contributed by atoms with Crippen LogP contribution in [0, 0.1) is 5.92 Å². The molecular formula is C13H13F6NO4. The van der Waals surface area contributed by atoms with Crippen molar-refractivity contribution in [2.24, 2.45) is 5.92 Å². The van der Waals surface area contributed by atoms with Crippen LogP contribution in [0.1, 0.15) is 13.8 Å². The molecule has 0 aromatic carbocycles. The first-order valence-corrected chi connectivity index (χ1v) is 6.51. The smallest absolute Gasteiger partial charge is 0.431 e. The second kappa shape index (κ2) is 6.36. The molecule has 0 amide bonds. The minimum atomic E-state index is -5.41. The highest BCUT2D eigenvalue weighted by atomic mass is 19.4. The lowest BCUT2D eigenvalue weighted by atomic mass is 9.93. The summed E-state index contributed by atoms with van der Waals surface area (Å²) in [6.45, 7) is 1.81. The van der Waals surface area contributed by atoms with Gasteiger partial charge in [0.2, 0.25) is 0 Å². The Hall–Kier alpha value is -2.20. The fourth-order valence-electron chi connectivity index (χ4n) is 2.35. The SMILES string of the molecule is CC(C)CN1C(C(F)(F)F)=C(C(=O)O)C=C(C(=O)O)C1C(F)(F)F. The van der Waals surface area contributed by atoms with E-state index >= 15 is 0 Å². The van der Waals surface area contributed by atoms with Gasteiger partial charge in [0.25, 0.3) is 0 Å². The molecule has 0 aliphatic carbocycles. The summed E-state index contributed by atoms with van der Waals surface area (Å²) in [6.07, 6.45) is -10.8. The normalized spacial score (nSPS) is 19.6. The molecule has 1 atom stereocenters. The van der Waals surface area contributed by atoms with Crippen LogP contribution in [0.25, 0.3) is 0 Å². The monoisotopic (exact) mass is 361 g/mol. The maximum absolute atomic E-state index is 13.3. The number of nitrogens with zero attached hydrogens (tertiary/aromatic N) is 1. The van der Waals surface area contributed by atoms with Gasteiger partial charge in [0.15, 0.2) is 6.04 Å². The summed E-state index contributed by atoms with van der Waals surface area (Å²) >= 11 is 0. The molecular weight excluding hydrogens is 348 g/mol. The molecule has 0 radical (unpaired) electrons. The molecule has 24 heavy (non-hydrogen) atoms. The molecule has 0 saturated carbocycles. The van der Waals surface area contributed by atoms with Crippen molar-refractivity contribution in [1.82, 2.24) is 4.90 Å². The Balaban J connectivity index is 3.79. The van der Waals surface area contributed by atoms with Gasteiger partial charge in [-0.2, -0.15) is 26.3 Å². The average Bonchev–Trinajstić information content (AvgIpc) is 2.33. The number of hydrogen-bond acceptors (Lipinski definition) is 3. The summed E-state index contributed by atoms with van der Waals surface area (Å²) in [5.41, 5.74) is -5.04.